The fraction of sp³-hybridized carbons (Fsp3) is 0.208. The maximum atomic E-state index is 13.3. The van der Waals surface area contributed by atoms with E-state index in [9.17, 15) is 14.4 Å². The van der Waals surface area contributed by atoms with E-state index >= 15 is 0 Å². The molecule has 1 aliphatic rings. The van der Waals surface area contributed by atoms with Crippen molar-refractivity contribution in [1.82, 2.24) is 14.5 Å². The first-order valence-corrected chi connectivity index (χ1v) is 11.6. The van der Waals surface area contributed by atoms with Crippen LogP contribution < -0.4 is 11.2 Å². The number of benzene rings is 2. The van der Waals surface area contributed by atoms with E-state index in [2.05, 4.69) is 4.98 Å². The summed E-state index contributed by atoms with van der Waals surface area (Å²) in [6.45, 7) is 0.365. The molecule has 2 aromatic heterocycles. The Hall–Kier alpha value is -3.16. The third-order valence-corrected chi connectivity index (χ3v) is 7.07. The number of aromatic amines is 1. The second-order valence-electron chi connectivity index (χ2n) is 7.86. The van der Waals surface area contributed by atoms with Crippen molar-refractivity contribution >= 4 is 39.7 Å². The predicted octanol–water partition coefficient (Wildman–Crippen LogP) is 4.26. The van der Waals surface area contributed by atoms with Gasteiger partial charge in [-0.3, -0.25) is 19.1 Å². The molecule has 1 saturated carbocycles. The molecule has 0 spiro atoms. The topological polar surface area (TPSA) is 75.2 Å². The lowest BCUT2D eigenvalue weighted by Crippen LogP contribution is -2.39. The zero-order valence-electron chi connectivity index (χ0n) is 17.1. The molecule has 6 nitrogen and oxygen atoms in total. The van der Waals surface area contributed by atoms with E-state index in [-0.39, 0.29) is 18.5 Å². The van der Waals surface area contributed by atoms with E-state index in [0.29, 0.717) is 22.5 Å². The SMILES string of the molecule is O=C(Cn1c(=O)[nH]c(=O)c2ccccc21)N(Cc1ccc(-c2ccccc2Cl)s1)C1CC1. The molecule has 32 heavy (non-hydrogen) atoms. The van der Waals surface area contributed by atoms with Crippen LogP contribution in [0.15, 0.2) is 70.3 Å². The Morgan fingerprint density at radius 1 is 1.06 bits per heavy atom. The number of carbonyl (C=O) groups excluding carboxylic acids is 1. The summed E-state index contributed by atoms with van der Waals surface area (Å²) in [6.07, 6.45) is 1.91. The fourth-order valence-electron chi connectivity index (χ4n) is 3.87. The van der Waals surface area contributed by atoms with Crippen molar-refractivity contribution in [3.63, 3.8) is 0 Å². The molecule has 0 atom stereocenters. The number of nitrogens with zero attached hydrogens (tertiary/aromatic N) is 2. The Morgan fingerprint density at radius 2 is 1.81 bits per heavy atom. The number of H-pyrrole nitrogens is 1. The number of aromatic nitrogens is 2. The van der Waals surface area contributed by atoms with E-state index in [1.165, 1.54) is 4.57 Å². The standard InChI is InChI=1S/C24H20ClN3O3S/c25-19-7-3-1-5-17(19)21-12-11-16(32-21)13-27(15-9-10-15)22(29)14-28-20-8-4-2-6-18(20)23(30)26-24(28)31/h1-8,11-12,15H,9-10,13-14H2,(H,26,30,31). The highest BCUT2D eigenvalue weighted by Crippen LogP contribution is 2.35. The third-order valence-electron chi connectivity index (χ3n) is 5.63. The molecule has 0 bridgehead atoms. The molecule has 8 heteroatoms. The van der Waals surface area contributed by atoms with Crippen LogP contribution in [0.25, 0.3) is 21.3 Å². The number of nitrogens with one attached hydrogen (secondary N) is 1. The molecule has 2 aromatic carbocycles. The number of para-hydroxylation sites is 1. The van der Waals surface area contributed by atoms with Gasteiger partial charge in [0.1, 0.15) is 6.54 Å². The lowest BCUT2D eigenvalue weighted by molar-refractivity contribution is -0.133. The van der Waals surface area contributed by atoms with E-state index in [0.717, 1.165) is 28.2 Å². The van der Waals surface area contributed by atoms with Crippen molar-refractivity contribution in [3.8, 4) is 10.4 Å². The maximum absolute atomic E-state index is 13.3. The fourth-order valence-corrected chi connectivity index (χ4v) is 5.21. The molecule has 1 N–H and O–H groups in total. The Kier molecular flexibility index (Phi) is 5.45. The summed E-state index contributed by atoms with van der Waals surface area (Å²) in [5.41, 5.74) is 0.414. The van der Waals surface area contributed by atoms with Gasteiger partial charge in [-0.25, -0.2) is 4.79 Å². The van der Waals surface area contributed by atoms with Gasteiger partial charge >= 0.3 is 5.69 Å². The highest BCUT2D eigenvalue weighted by atomic mass is 35.5. The molecule has 0 unspecified atom stereocenters. The van der Waals surface area contributed by atoms with Crippen LogP contribution in [0.5, 0.6) is 0 Å². The zero-order chi connectivity index (χ0) is 22.2. The van der Waals surface area contributed by atoms with Crippen molar-refractivity contribution in [2.75, 3.05) is 0 Å². The Morgan fingerprint density at radius 3 is 2.59 bits per heavy atom. The Bertz CT molecular complexity index is 1430. The summed E-state index contributed by atoms with van der Waals surface area (Å²) in [6, 6.07) is 18.7. The first-order chi connectivity index (χ1) is 15.5. The Balaban J connectivity index is 1.41. The number of amides is 1. The largest absolute Gasteiger partial charge is 0.333 e. The van der Waals surface area contributed by atoms with Crippen LogP contribution in [-0.4, -0.2) is 26.4 Å². The normalized spacial score (nSPS) is 13.4. The number of carbonyl (C=O) groups is 1. The summed E-state index contributed by atoms with van der Waals surface area (Å²) in [4.78, 5) is 44.1. The van der Waals surface area contributed by atoms with Crippen molar-refractivity contribution in [2.45, 2.75) is 32.0 Å². The number of rotatable bonds is 6. The summed E-state index contributed by atoms with van der Waals surface area (Å²) in [7, 11) is 0. The summed E-state index contributed by atoms with van der Waals surface area (Å²) in [5, 5.41) is 1.08. The maximum Gasteiger partial charge on any atom is 0.329 e. The number of thiophene rings is 1. The lowest BCUT2D eigenvalue weighted by Gasteiger charge is -2.22. The third kappa shape index (κ3) is 4.01. The first kappa shape index (κ1) is 20.7. The molecular weight excluding hydrogens is 446 g/mol. The van der Waals surface area contributed by atoms with Gasteiger partial charge in [0.2, 0.25) is 5.91 Å². The van der Waals surface area contributed by atoms with Crippen LogP contribution in [0.2, 0.25) is 5.02 Å². The van der Waals surface area contributed by atoms with Crippen LogP contribution in [0.3, 0.4) is 0 Å². The quantitative estimate of drug-likeness (QED) is 0.462. The minimum Gasteiger partial charge on any atom is -0.333 e. The van der Waals surface area contributed by atoms with Crippen LogP contribution in [-0.2, 0) is 17.9 Å². The van der Waals surface area contributed by atoms with Crippen molar-refractivity contribution in [2.24, 2.45) is 0 Å². The van der Waals surface area contributed by atoms with E-state index in [1.54, 1.807) is 35.6 Å². The van der Waals surface area contributed by atoms with Gasteiger partial charge in [0, 0.05) is 26.4 Å². The monoisotopic (exact) mass is 465 g/mol. The molecule has 162 valence electrons. The molecule has 4 aromatic rings. The second kappa shape index (κ2) is 8.41. The predicted molar refractivity (Wildman–Crippen MR) is 127 cm³/mol. The Labute approximate surface area is 192 Å². The van der Waals surface area contributed by atoms with Gasteiger partial charge in [-0.05, 0) is 43.2 Å². The molecule has 2 heterocycles. The molecule has 1 amide bonds. The molecule has 1 aliphatic carbocycles. The average Bonchev–Trinajstić information content (AvgIpc) is 3.53. The first-order valence-electron chi connectivity index (χ1n) is 10.4. The number of halogens is 1. The highest BCUT2D eigenvalue weighted by molar-refractivity contribution is 7.15. The van der Waals surface area contributed by atoms with Crippen molar-refractivity contribution < 1.29 is 4.79 Å². The van der Waals surface area contributed by atoms with Gasteiger partial charge in [-0.2, -0.15) is 0 Å². The number of hydrogen-bond acceptors (Lipinski definition) is 4. The van der Waals surface area contributed by atoms with Gasteiger partial charge in [-0.1, -0.05) is 41.9 Å². The smallest absolute Gasteiger partial charge is 0.329 e. The molecular formula is C24H20ClN3O3S. The minimum atomic E-state index is -0.574. The average molecular weight is 466 g/mol. The summed E-state index contributed by atoms with van der Waals surface area (Å²) in [5.74, 6) is -0.139. The van der Waals surface area contributed by atoms with Crippen LogP contribution in [0.1, 0.15) is 17.7 Å². The minimum absolute atomic E-state index is 0.116. The van der Waals surface area contributed by atoms with Crippen LogP contribution in [0.4, 0.5) is 0 Å². The van der Waals surface area contributed by atoms with Gasteiger partial charge < -0.3 is 4.90 Å². The second-order valence-corrected chi connectivity index (χ2v) is 9.44. The zero-order valence-corrected chi connectivity index (χ0v) is 18.7. The van der Waals surface area contributed by atoms with Gasteiger partial charge in [0.15, 0.2) is 0 Å². The van der Waals surface area contributed by atoms with Crippen LogP contribution in [0, 0.1) is 0 Å². The van der Waals surface area contributed by atoms with E-state index in [4.69, 9.17) is 11.6 Å². The number of fused-ring (bicyclic) bond motifs is 1. The molecule has 5 rings (SSSR count). The van der Waals surface area contributed by atoms with Crippen molar-refractivity contribution in [1.29, 1.82) is 0 Å². The van der Waals surface area contributed by atoms with Gasteiger partial charge in [0.25, 0.3) is 5.56 Å². The highest BCUT2D eigenvalue weighted by Gasteiger charge is 2.33. The number of hydrogen-bond donors (Lipinski definition) is 1. The molecule has 1 fully saturated rings. The summed E-state index contributed by atoms with van der Waals surface area (Å²) >= 11 is 7.94. The lowest BCUT2D eigenvalue weighted by atomic mass is 10.2. The van der Waals surface area contributed by atoms with Crippen LogP contribution >= 0.6 is 22.9 Å². The molecule has 0 aliphatic heterocycles. The van der Waals surface area contributed by atoms with E-state index in [1.807, 2.05) is 41.3 Å². The van der Waals surface area contributed by atoms with E-state index < -0.39 is 11.2 Å². The van der Waals surface area contributed by atoms with Gasteiger partial charge in [0.05, 0.1) is 17.4 Å². The summed E-state index contributed by atoms with van der Waals surface area (Å²) < 4.78 is 1.35. The van der Waals surface area contributed by atoms with Crippen molar-refractivity contribution in [3.05, 3.63) is 91.4 Å². The van der Waals surface area contributed by atoms with Gasteiger partial charge in [-0.15, -0.1) is 11.3 Å². The molecule has 0 radical (unpaired) electrons. The molecule has 0 saturated heterocycles.